The lowest BCUT2D eigenvalue weighted by Crippen LogP contribution is -2.26. The first-order chi connectivity index (χ1) is 10.2. The molecule has 1 aromatic carbocycles. The van der Waals surface area contributed by atoms with Crippen LogP contribution in [0.4, 0.5) is 0 Å². The fourth-order valence-corrected chi connectivity index (χ4v) is 2.39. The highest BCUT2D eigenvalue weighted by Gasteiger charge is 2.21. The molecule has 21 heavy (non-hydrogen) atoms. The molecule has 0 amide bonds. The molecule has 0 aliphatic carbocycles. The van der Waals surface area contributed by atoms with Crippen molar-refractivity contribution in [1.29, 1.82) is 0 Å². The minimum absolute atomic E-state index is 0.109. The van der Waals surface area contributed by atoms with Crippen LogP contribution in [0.2, 0.25) is 0 Å². The zero-order chi connectivity index (χ0) is 14.7. The lowest BCUT2D eigenvalue weighted by atomic mass is 10.0. The minimum Gasteiger partial charge on any atom is -0.390 e. The molecule has 1 atom stereocenters. The third-order valence-corrected chi connectivity index (χ3v) is 3.58. The summed E-state index contributed by atoms with van der Waals surface area (Å²) in [7, 11) is 1.92. The van der Waals surface area contributed by atoms with E-state index in [1.54, 1.807) is 0 Å². The summed E-state index contributed by atoms with van der Waals surface area (Å²) in [5.74, 6) is 0. The standard InChI is InChI=1S/C16H20N4O/c1-12-3-5-14(6-4-12)16-7-15(21-19-16)10-17-8-13-9-18-20(2)11-13/h3-6,9,11,15,17H,7-8,10H2,1-2H3. The van der Waals surface area contributed by atoms with Crippen LogP contribution in [-0.4, -0.2) is 28.1 Å². The van der Waals surface area contributed by atoms with Crippen molar-refractivity contribution < 1.29 is 4.84 Å². The van der Waals surface area contributed by atoms with E-state index in [-0.39, 0.29) is 6.10 Å². The van der Waals surface area contributed by atoms with E-state index in [9.17, 15) is 0 Å². The second-order valence-corrected chi connectivity index (χ2v) is 5.49. The molecule has 0 saturated carbocycles. The van der Waals surface area contributed by atoms with Gasteiger partial charge in [-0.05, 0) is 12.5 Å². The maximum Gasteiger partial charge on any atom is 0.145 e. The number of hydrogen-bond acceptors (Lipinski definition) is 4. The van der Waals surface area contributed by atoms with Gasteiger partial charge in [0.25, 0.3) is 0 Å². The lowest BCUT2D eigenvalue weighted by molar-refractivity contribution is 0.0848. The topological polar surface area (TPSA) is 51.4 Å². The summed E-state index contributed by atoms with van der Waals surface area (Å²) < 4.78 is 1.81. The van der Waals surface area contributed by atoms with Gasteiger partial charge < -0.3 is 10.2 Å². The second kappa shape index (κ2) is 6.10. The van der Waals surface area contributed by atoms with Gasteiger partial charge in [0.05, 0.1) is 11.9 Å². The van der Waals surface area contributed by atoms with Crippen LogP contribution < -0.4 is 5.32 Å². The number of nitrogens with one attached hydrogen (secondary N) is 1. The van der Waals surface area contributed by atoms with Gasteiger partial charge in [0.1, 0.15) is 6.10 Å². The zero-order valence-electron chi connectivity index (χ0n) is 12.4. The molecule has 0 radical (unpaired) electrons. The molecule has 0 fully saturated rings. The number of hydrogen-bond donors (Lipinski definition) is 1. The molecule has 0 bridgehead atoms. The summed E-state index contributed by atoms with van der Waals surface area (Å²) in [5.41, 5.74) is 4.61. The van der Waals surface area contributed by atoms with E-state index < -0.39 is 0 Å². The molecule has 2 heterocycles. The van der Waals surface area contributed by atoms with Crippen LogP contribution in [0.5, 0.6) is 0 Å². The molecule has 5 heteroatoms. The van der Waals surface area contributed by atoms with Crippen molar-refractivity contribution in [3.05, 3.63) is 53.3 Å². The predicted octanol–water partition coefficient (Wildman–Crippen LogP) is 2.01. The van der Waals surface area contributed by atoms with Gasteiger partial charge in [0.2, 0.25) is 0 Å². The third-order valence-electron chi connectivity index (χ3n) is 3.58. The van der Waals surface area contributed by atoms with E-state index >= 15 is 0 Å². The molecule has 1 unspecified atom stereocenters. The van der Waals surface area contributed by atoms with Crippen molar-refractivity contribution in [3.8, 4) is 0 Å². The Bertz CT molecular complexity index is 630. The SMILES string of the molecule is Cc1ccc(C2=NOC(CNCc3cnn(C)c3)C2)cc1. The Morgan fingerprint density at radius 1 is 1.33 bits per heavy atom. The van der Waals surface area contributed by atoms with Crippen LogP contribution in [-0.2, 0) is 18.4 Å². The average Bonchev–Trinajstić information content (AvgIpc) is 3.09. The van der Waals surface area contributed by atoms with Crippen LogP contribution in [0.15, 0.2) is 41.8 Å². The maximum absolute atomic E-state index is 5.50. The number of nitrogens with zero attached hydrogens (tertiary/aromatic N) is 3. The number of aromatic nitrogens is 2. The lowest BCUT2D eigenvalue weighted by Gasteiger charge is -2.08. The van der Waals surface area contributed by atoms with Crippen LogP contribution in [0.1, 0.15) is 23.1 Å². The van der Waals surface area contributed by atoms with Crippen molar-refractivity contribution >= 4 is 5.71 Å². The highest BCUT2D eigenvalue weighted by molar-refractivity contribution is 6.01. The van der Waals surface area contributed by atoms with Crippen molar-refractivity contribution in [1.82, 2.24) is 15.1 Å². The molecule has 110 valence electrons. The first kappa shape index (κ1) is 13.8. The minimum atomic E-state index is 0.109. The number of benzene rings is 1. The summed E-state index contributed by atoms with van der Waals surface area (Å²) >= 11 is 0. The largest absolute Gasteiger partial charge is 0.390 e. The van der Waals surface area contributed by atoms with Gasteiger partial charge in [0, 0.05) is 38.3 Å². The number of oxime groups is 1. The molecule has 0 spiro atoms. The number of rotatable bonds is 5. The van der Waals surface area contributed by atoms with Crippen LogP contribution >= 0.6 is 0 Å². The summed E-state index contributed by atoms with van der Waals surface area (Å²) in [4.78, 5) is 5.50. The van der Waals surface area contributed by atoms with E-state index in [0.29, 0.717) is 0 Å². The fourth-order valence-electron chi connectivity index (χ4n) is 2.39. The first-order valence-corrected chi connectivity index (χ1v) is 7.18. The Kier molecular flexibility index (Phi) is 4.01. The predicted molar refractivity (Wildman–Crippen MR) is 82.1 cm³/mol. The molecule has 1 aromatic heterocycles. The first-order valence-electron chi connectivity index (χ1n) is 7.18. The Hall–Kier alpha value is -2.14. The molecule has 5 nitrogen and oxygen atoms in total. The van der Waals surface area contributed by atoms with Crippen molar-refractivity contribution in [2.24, 2.45) is 12.2 Å². The average molecular weight is 284 g/mol. The molecular formula is C16H20N4O. The quantitative estimate of drug-likeness (QED) is 0.914. The van der Waals surface area contributed by atoms with E-state index in [0.717, 1.165) is 30.8 Å². The Labute approximate surface area is 124 Å². The molecule has 2 aromatic rings. The Morgan fingerprint density at radius 2 is 2.14 bits per heavy atom. The number of aryl methyl sites for hydroxylation is 2. The van der Waals surface area contributed by atoms with Crippen LogP contribution in [0, 0.1) is 6.92 Å². The molecule has 1 aliphatic rings. The van der Waals surface area contributed by atoms with Crippen molar-refractivity contribution in [3.63, 3.8) is 0 Å². The zero-order valence-corrected chi connectivity index (χ0v) is 12.4. The molecule has 1 N–H and O–H groups in total. The van der Waals surface area contributed by atoms with Crippen LogP contribution in [0.25, 0.3) is 0 Å². The van der Waals surface area contributed by atoms with Gasteiger partial charge in [-0.3, -0.25) is 4.68 Å². The summed E-state index contributed by atoms with van der Waals surface area (Å²) in [5, 5.41) is 11.7. The highest BCUT2D eigenvalue weighted by atomic mass is 16.6. The van der Waals surface area contributed by atoms with Gasteiger partial charge in [0.15, 0.2) is 0 Å². The molecular weight excluding hydrogens is 264 g/mol. The summed E-state index contributed by atoms with van der Waals surface area (Å²) in [6.07, 6.45) is 4.84. The second-order valence-electron chi connectivity index (χ2n) is 5.49. The van der Waals surface area contributed by atoms with Gasteiger partial charge in [-0.2, -0.15) is 5.10 Å². The van der Waals surface area contributed by atoms with E-state index in [1.165, 1.54) is 11.1 Å². The molecule has 1 aliphatic heterocycles. The van der Waals surface area contributed by atoms with Gasteiger partial charge >= 0.3 is 0 Å². The monoisotopic (exact) mass is 284 g/mol. The van der Waals surface area contributed by atoms with E-state index in [2.05, 4.69) is 46.8 Å². The Balaban J connectivity index is 1.46. The van der Waals surface area contributed by atoms with Crippen molar-refractivity contribution in [2.45, 2.75) is 26.0 Å². The smallest absolute Gasteiger partial charge is 0.145 e. The normalized spacial score (nSPS) is 17.6. The highest BCUT2D eigenvalue weighted by Crippen LogP contribution is 2.16. The van der Waals surface area contributed by atoms with Crippen LogP contribution in [0.3, 0.4) is 0 Å². The van der Waals surface area contributed by atoms with Gasteiger partial charge in [-0.25, -0.2) is 0 Å². The van der Waals surface area contributed by atoms with Gasteiger partial charge in [-0.15, -0.1) is 0 Å². The third kappa shape index (κ3) is 3.49. The Morgan fingerprint density at radius 3 is 2.86 bits per heavy atom. The van der Waals surface area contributed by atoms with Crippen molar-refractivity contribution in [2.75, 3.05) is 6.54 Å². The summed E-state index contributed by atoms with van der Waals surface area (Å²) in [6.45, 7) is 3.67. The summed E-state index contributed by atoms with van der Waals surface area (Å²) in [6, 6.07) is 8.41. The van der Waals surface area contributed by atoms with Gasteiger partial charge in [-0.1, -0.05) is 35.0 Å². The van der Waals surface area contributed by atoms with E-state index in [1.807, 2.05) is 24.1 Å². The molecule has 3 rings (SSSR count). The van der Waals surface area contributed by atoms with E-state index in [4.69, 9.17) is 4.84 Å². The molecule has 0 saturated heterocycles. The fraction of sp³-hybridized carbons (Fsp3) is 0.375. The maximum atomic E-state index is 5.50.